The highest BCUT2D eigenvalue weighted by Crippen LogP contribution is 2.22. The molecule has 16 heavy (non-hydrogen) atoms. The number of hydrogen-bond acceptors (Lipinski definition) is 4. The van der Waals surface area contributed by atoms with Crippen LogP contribution < -0.4 is 11.1 Å². The molecule has 0 amide bonds. The largest absolute Gasteiger partial charge is 0.397 e. The lowest BCUT2D eigenvalue weighted by Crippen LogP contribution is -1.99. The molecule has 82 valence electrons. The Balaban J connectivity index is 2.30. The average molecular weight is 235 g/mol. The van der Waals surface area contributed by atoms with E-state index < -0.39 is 0 Å². The Morgan fingerprint density at radius 1 is 1.25 bits per heavy atom. The minimum absolute atomic E-state index is 0.219. The molecule has 0 bridgehead atoms. The Morgan fingerprint density at radius 2 is 2.00 bits per heavy atom. The van der Waals surface area contributed by atoms with E-state index in [0.29, 0.717) is 11.5 Å². The van der Waals surface area contributed by atoms with Crippen molar-refractivity contribution in [1.82, 2.24) is 9.97 Å². The van der Waals surface area contributed by atoms with Crippen LogP contribution in [0.1, 0.15) is 5.69 Å². The maximum atomic E-state index is 5.81. The summed E-state index contributed by atoms with van der Waals surface area (Å²) in [5.41, 5.74) is 8.07. The van der Waals surface area contributed by atoms with Gasteiger partial charge in [0.1, 0.15) is 5.82 Å². The molecule has 1 aromatic heterocycles. The van der Waals surface area contributed by atoms with E-state index in [1.54, 1.807) is 6.07 Å². The van der Waals surface area contributed by atoms with Crippen molar-refractivity contribution in [3.8, 4) is 0 Å². The van der Waals surface area contributed by atoms with Gasteiger partial charge in [0.05, 0.1) is 11.4 Å². The first-order valence-electron chi connectivity index (χ1n) is 4.78. The molecule has 0 aliphatic heterocycles. The zero-order chi connectivity index (χ0) is 11.5. The monoisotopic (exact) mass is 234 g/mol. The van der Waals surface area contributed by atoms with Crippen molar-refractivity contribution in [3.63, 3.8) is 0 Å². The van der Waals surface area contributed by atoms with E-state index in [9.17, 15) is 0 Å². The van der Waals surface area contributed by atoms with Crippen LogP contribution in [0.25, 0.3) is 0 Å². The molecule has 1 heterocycles. The summed E-state index contributed by atoms with van der Waals surface area (Å²) in [6.45, 7) is 1.85. The van der Waals surface area contributed by atoms with Gasteiger partial charge in [0.25, 0.3) is 0 Å². The maximum absolute atomic E-state index is 5.81. The molecular formula is C11H11ClN4. The topological polar surface area (TPSA) is 63.8 Å². The minimum Gasteiger partial charge on any atom is -0.397 e. The van der Waals surface area contributed by atoms with Crippen LogP contribution in [-0.4, -0.2) is 9.97 Å². The molecule has 0 radical (unpaired) electrons. The van der Waals surface area contributed by atoms with Gasteiger partial charge in [0.15, 0.2) is 0 Å². The number of halogens is 1. The summed E-state index contributed by atoms with van der Waals surface area (Å²) >= 11 is 5.76. The Hall–Kier alpha value is -1.81. The Morgan fingerprint density at radius 3 is 2.69 bits per heavy atom. The number of nitrogen functional groups attached to an aromatic ring is 1. The van der Waals surface area contributed by atoms with Gasteiger partial charge in [-0.3, -0.25) is 0 Å². The number of anilines is 3. The molecule has 0 unspecified atom stereocenters. The molecule has 4 nitrogen and oxygen atoms in total. The molecule has 2 rings (SSSR count). The predicted molar refractivity (Wildman–Crippen MR) is 65.9 cm³/mol. The molecule has 0 saturated carbocycles. The highest BCUT2D eigenvalue weighted by atomic mass is 35.5. The van der Waals surface area contributed by atoms with Gasteiger partial charge in [-0.2, -0.15) is 0 Å². The number of rotatable bonds is 2. The molecule has 0 saturated heterocycles. The third-order valence-corrected chi connectivity index (χ3v) is 2.22. The Labute approximate surface area is 98.5 Å². The second-order valence-electron chi connectivity index (χ2n) is 3.38. The summed E-state index contributed by atoms with van der Waals surface area (Å²) < 4.78 is 0. The smallest absolute Gasteiger partial charge is 0.224 e. The van der Waals surface area contributed by atoms with Gasteiger partial charge in [0, 0.05) is 11.8 Å². The fourth-order valence-electron chi connectivity index (χ4n) is 1.35. The molecular weight excluding hydrogens is 224 g/mol. The number of para-hydroxylation sites is 2. The van der Waals surface area contributed by atoms with Crippen LogP contribution in [0, 0.1) is 6.92 Å². The lowest BCUT2D eigenvalue weighted by molar-refractivity contribution is 1.10. The van der Waals surface area contributed by atoms with Crippen LogP contribution >= 0.6 is 11.6 Å². The number of aryl methyl sites for hydroxylation is 1. The first kappa shape index (κ1) is 10.7. The molecule has 0 fully saturated rings. The average Bonchev–Trinajstić information content (AvgIpc) is 2.20. The second-order valence-corrected chi connectivity index (χ2v) is 3.71. The summed E-state index contributed by atoms with van der Waals surface area (Å²) in [6.07, 6.45) is 0. The highest BCUT2D eigenvalue weighted by molar-refractivity contribution is 6.28. The van der Waals surface area contributed by atoms with E-state index in [4.69, 9.17) is 17.3 Å². The van der Waals surface area contributed by atoms with Crippen LogP contribution in [0.4, 0.5) is 17.2 Å². The summed E-state index contributed by atoms with van der Waals surface area (Å²) in [7, 11) is 0. The number of nitrogens with two attached hydrogens (primary N) is 1. The van der Waals surface area contributed by atoms with Crippen molar-refractivity contribution >= 4 is 28.8 Å². The Kier molecular flexibility index (Phi) is 2.92. The fraction of sp³-hybridized carbons (Fsp3) is 0.0909. The van der Waals surface area contributed by atoms with Crippen molar-refractivity contribution in [2.24, 2.45) is 0 Å². The van der Waals surface area contributed by atoms with E-state index in [-0.39, 0.29) is 5.28 Å². The number of benzene rings is 1. The first-order chi connectivity index (χ1) is 7.65. The van der Waals surface area contributed by atoms with Crippen LogP contribution in [0.5, 0.6) is 0 Å². The predicted octanol–water partition coefficient (Wildman–Crippen LogP) is 2.76. The minimum atomic E-state index is 0.219. The standard InChI is InChI=1S/C11H11ClN4/c1-7-6-10(16-11(12)14-7)15-9-5-3-2-4-8(9)13/h2-6H,13H2,1H3,(H,14,15,16). The number of nitrogens with zero attached hydrogens (tertiary/aromatic N) is 2. The second kappa shape index (κ2) is 4.37. The van der Waals surface area contributed by atoms with Crippen LogP contribution in [0.3, 0.4) is 0 Å². The molecule has 1 aromatic carbocycles. The van der Waals surface area contributed by atoms with Gasteiger partial charge in [0.2, 0.25) is 5.28 Å². The van der Waals surface area contributed by atoms with E-state index in [1.807, 2.05) is 31.2 Å². The van der Waals surface area contributed by atoms with E-state index in [1.165, 1.54) is 0 Å². The summed E-state index contributed by atoms with van der Waals surface area (Å²) in [6, 6.07) is 9.27. The molecule has 3 N–H and O–H groups in total. The zero-order valence-electron chi connectivity index (χ0n) is 8.74. The summed E-state index contributed by atoms with van der Waals surface area (Å²) in [4.78, 5) is 8.04. The van der Waals surface area contributed by atoms with Gasteiger partial charge in [-0.05, 0) is 30.7 Å². The van der Waals surface area contributed by atoms with Crippen molar-refractivity contribution in [3.05, 3.63) is 41.3 Å². The molecule has 0 aliphatic rings. The van der Waals surface area contributed by atoms with Crippen LogP contribution in [-0.2, 0) is 0 Å². The molecule has 0 spiro atoms. The SMILES string of the molecule is Cc1cc(Nc2ccccc2N)nc(Cl)n1. The van der Waals surface area contributed by atoms with Crippen molar-refractivity contribution in [1.29, 1.82) is 0 Å². The lowest BCUT2D eigenvalue weighted by atomic mass is 10.2. The Bertz CT molecular complexity index is 493. The number of nitrogens with one attached hydrogen (secondary N) is 1. The quantitative estimate of drug-likeness (QED) is 0.620. The fourth-order valence-corrected chi connectivity index (χ4v) is 1.57. The number of aromatic nitrogens is 2. The zero-order valence-corrected chi connectivity index (χ0v) is 9.49. The van der Waals surface area contributed by atoms with Gasteiger partial charge in [-0.1, -0.05) is 12.1 Å². The third kappa shape index (κ3) is 2.41. The maximum Gasteiger partial charge on any atom is 0.224 e. The van der Waals surface area contributed by atoms with E-state index >= 15 is 0 Å². The molecule has 5 heteroatoms. The van der Waals surface area contributed by atoms with Gasteiger partial charge in [-0.25, -0.2) is 9.97 Å². The van der Waals surface area contributed by atoms with E-state index in [2.05, 4.69) is 15.3 Å². The lowest BCUT2D eigenvalue weighted by Gasteiger charge is -2.08. The van der Waals surface area contributed by atoms with Crippen molar-refractivity contribution < 1.29 is 0 Å². The molecule has 0 atom stereocenters. The number of hydrogen-bond donors (Lipinski definition) is 2. The first-order valence-corrected chi connectivity index (χ1v) is 5.15. The van der Waals surface area contributed by atoms with E-state index in [0.717, 1.165) is 11.4 Å². The normalized spacial score (nSPS) is 10.1. The van der Waals surface area contributed by atoms with Gasteiger partial charge in [-0.15, -0.1) is 0 Å². The summed E-state index contributed by atoms with van der Waals surface area (Å²) in [5.74, 6) is 0.635. The third-order valence-electron chi connectivity index (χ3n) is 2.05. The van der Waals surface area contributed by atoms with Crippen molar-refractivity contribution in [2.45, 2.75) is 6.92 Å². The summed E-state index contributed by atoms with van der Waals surface area (Å²) in [5, 5.41) is 3.31. The van der Waals surface area contributed by atoms with Gasteiger partial charge >= 0.3 is 0 Å². The molecule has 0 aliphatic carbocycles. The van der Waals surface area contributed by atoms with Crippen molar-refractivity contribution in [2.75, 3.05) is 11.1 Å². The highest BCUT2D eigenvalue weighted by Gasteiger charge is 2.02. The van der Waals surface area contributed by atoms with Crippen LogP contribution in [0.15, 0.2) is 30.3 Å². The van der Waals surface area contributed by atoms with Gasteiger partial charge < -0.3 is 11.1 Å². The molecule has 2 aromatic rings. The van der Waals surface area contributed by atoms with Crippen LogP contribution in [0.2, 0.25) is 5.28 Å².